The molecule has 0 aliphatic heterocycles. The average molecular weight is 298 g/mol. The number of nitrogens with one attached hydrogen (secondary N) is 1. The molecule has 1 aromatic carbocycles. The smallest absolute Gasteiger partial charge is 0.136 e. The van der Waals surface area contributed by atoms with Crippen LogP contribution in [-0.4, -0.2) is 16.1 Å². The van der Waals surface area contributed by atoms with Crippen molar-refractivity contribution in [2.24, 2.45) is 0 Å². The van der Waals surface area contributed by atoms with Crippen LogP contribution >= 0.6 is 23.1 Å². The van der Waals surface area contributed by atoms with E-state index < -0.39 is 0 Å². The van der Waals surface area contributed by atoms with Gasteiger partial charge in [-0.15, -0.1) is 5.10 Å². The molecule has 102 valence electrons. The van der Waals surface area contributed by atoms with E-state index >= 15 is 0 Å². The maximum atomic E-state index is 6.08. The van der Waals surface area contributed by atoms with Crippen LogP contribution in [0.25, 0.3) is 0 Å². The van der Waals surface area contributed by atoms with E-state index in [2.05, 4.69) is 21.8 Å². The standard InChI is InChI=1S/C13H16ClN3OS/c1-3-9-7-10(5-6-11(9)14)18-8-12-13(15-4-2)19-17-16-12/h5-7,15H,3-4,8H2,1-2H3. The molecule has 6 heteroatoms. The fourth-order valence-corrected chi connectivity index (χ4v) is 2.55. The normalized spacial score (nSPS) is 10.5. The number of rotatable bonds is 6. The number of nitrogens with zero attached hydrogens (tertiary/aromatic N) is 2. The summed E-state index contributed by atoms with van der Waals surface area (Å²) >= 11 is 7.42. The van der Waals surface area contributed by atoms with Crippen LogP contribution < -0.4 is 10.1 Å². The molecule has 0 atom stereocenters. The molecular weight excluding hydrogens is 282 g/mol. The Hall–Kier alpha value is -1.33. The van der Waals surface area contributed by atoms with Gasteiger partial charge in [0.2, 0.25) is 0 Å². The van der Waals surface area contributed by atoms with Crippen molar-refractivity contribution in [2.75, 3.05) is 11.9 Å². The Morgan fingerprint density at radius 3 is 2.95 bits per heavy atom. The molecule has 4 nitrogen and oxygen atoms in total. The zero-order valence-electron chi connectivity index (χ0n) is 10.9. The quantitative estimate of drug-likeness (QED) is 0.882. The molecule has 0 spiro atoms. The Labute approximate surface area is 121 Å². The topological polar surface area (TPSA) is 47.0 Å². The van der Waals surface area contributed by atoms with E-state index in [9.17, 15) is 0 Å². The van der Waals surface area contributed by atoms with Gasteiger partial charge in [-0.1, -0.05) is 23.0 Å². The number of benzene rings is 1. The Bertz CT molecular complexity index is 544. The highest BCUT2D eigenvalue weighted by molar-refractivity contribution is 7.10. The minimum atomic E-state index is 0.406. The first kappa shape index (κ1) is 14.1. The predicted molar refractivity (Wildman–Crippen MR) is 79.2 cm³/mol. The van der Waals surface area contributed by atoms with Gasteiger partial charge in [0.1, 0.15) is 23.1 Å². The molecule has 19 heavy (non-hydrogen) atoms. The van der Waals surface area contributed by atoms with Gasteiger partial charge in [0.05, 0.1) is 0 Å². The molecule has 2 rings (SSSR count). The lowest BCUT2D eigenvalue weighted by Gasteiger charge is -2.08. The van der Waals surface area contributed by atoms with Crippen LogP contribution in [0.4, 0.5) is 5.00 Å². The molecule has 1 aromatic heterocycles. The van der Waals surface area contributed by atoms with Crippen molar-refractivity contribution in [3.05, 3.63) is 34.5 Å². The molecule has 0 bridgehead atoms. The number of ether oxygens (including phenoxy) is 1. The summed E-state index contributed by atoms with van der Waals surface area (Å²) in [5.74, 6) is 0.802. The lowest BCUT2D eigenvalue weighted by molar-refractivity contribution is 0.301. The summed E-state index contributed by atoms with van der Waals surface area (Å²) < 4.78 is 9.67. The van der Waals surface area contributed by atoms with Gasteiger partial charge in [-0.2, -0.15) is 0 Å². The van der Waals surface area contributed by atoms with E-state index in [1.807, 2.05) is 25.1 Å². The molecule has 0 aliphatic rings. The van der Waals surface area contributed by atoms with Crippen LogP contribution in [0, 0.1) is 0 Å². The zero-order chi connectivity index (χ0) is 13.7. The van der Waals surface area contributed by atoms with Crippen molar-refractivity contribution >= 4 is 28.1 Å². The Balaban J connectivity index is 2.04. The molecule has 2 aromatic rings. The van der Waals surface area contributed by atoms with E-state index in [0.29, 0.717) is 6.61 Å². The van der Waals surface area contributed by atoms with E-state index in [1.54, 1.807) is 0 Å². The van der Waals surface area contributed by atoms with Crippen LogP contribution in [0.15, 0.2) is 18.2 Å². The van der Waals surface area contributed by atoms with Gasteiger partial charge < -0.3 is 10.1 Å². The highest BCUT2D eigenvalue weighted by Gasteiger charge is 2.08. The van der Waals surface area contributed by atoms with E-state index in [1.165, 1.54) is 11.5 Å². The second kappa shape index (κ2) is 6.73. The fraction of sp³-hybridized carbons (Fsp3) is 0.385. The number of hydrogen-bond donors (Lipinski definition) is 1. The number of anilines is 1. The Morgan fingerprint density at radius 2 is 2.21 bits per heavy atom. The van der Waals surface area contributed by atoms with Crippen LogP contribution in [0.5, 0.6) is 5.75 Å². The summed E-state index contributed by atoms with van der Waals surface area (Å²) in [5.41, 5.74) is 1.92. The third-order valence-electron chi connectivity index (χ3n) is 2.67. The molecule has 0 radical (unpaired) electrons. The lowest BCUT2D eigenvalue weighted by atomic mass is 10.1. The molecule has 1 N–H and O–H groups in total. The molecule has 0 saturated carbocycles. The van der Waals surface area contributed by atoms with Gasteiger partial charge in [0.25, 0.3) is 0 Å². The second-order valence-corrected chi connectivity index (χ2v) is 5.14. The van der Waals surface area contributed by atoms with Crippen molar-refractivity contribution in [1.82, 2.24) is 9.59 Å². The molecule has 1 heterocycles. The van der Waals surface area contributed by atoms with E-state index in [-0.39, 0.29) is 0 Å². The van der Waals surface area contributed by atoms with Crippen molar-refractivity contribution in [3.63, 3.8) is 0 Å². The monoisotopic (exact) mass is 297 g/mol. The van der Waals surface area contributed by atoms with Crippen LogP contribution in [-0.2, 0) is 13.0 Å². The van der Waals surface area contributed by atoms with Gasteiger partial charge in [0, 0.05) is 23.1 Å². The highest BCUT2D eigenvalue weighted by Crippen LogP contribution is 2.24. The summed E-state index contributed by atoms with van der Waals surface area (Å²) in [6, 6.07) is 5.70. The second-order valence-electron chi connectivity index (χ2n) is 3.97. The highest BCUT2D eigenvalue weighted by atomic mass is 35.5. The molecule has 0 amide bonds. The first-order chi connectivity index (χ1) is 9.24. The molecule has 0 aliphatic carbocycles. The minimum Gasteiger partial charge on any atom is -0.487 e. The largest absolute Gasteiger partial charge is 0.487 e. The number of aromatic nitrogens is 2. The third kappa shape index (κ3) is 3.58. The third-order valence-corrected chi connectivity index (χ3v) is 3.76. The first-order valence-corrected chi connectivity index (χ1v) is 7.36. The van der Waals surface area contributed by atoms with Gasteiger partial charge in [-0.3, -0.25) is 0 Å². The minimum absolute atomic E-state index is 0.406. The maximum absolute atomic E-state index is 6.08. The van der Waals surface area contributed by atoms with Gasteiger partial charge in [0.15, 0.2) is 0 Å². The number of halogens is 1. The number of aryl methyl sites for hydroxylation is 1. The summed E-state index contributed by atoms with van der Waals surface area (Å²) in [4.78, 5) is 0. The van der Waals surface area contributed by atoms with Crippen molar-refractivity contribution in [1.29, 1.82) is 0 Å². The van der Waals surface area contributed by atoms with Gasteiger partial charge >= 0.3 is 0 Å². The lowest BCUT2D eigenvalue weighted by Crippen LogP contribution is -2.02. The molecule has 0 saturated heterocycles. The van der Waals surface area contributed by atoms with Crippen molar-refractivity contribution in [2.45, 2.75) is 26.9 Å². The Kier molecular flexibility index (Phi) is 4.99. The molecule has 0 unspecified atom stereocenters. The van der Waals surface area contributed by atoms with Gasteiger partial charge in [-0.05, 0) is 37.1 Å². The average Bonchev–Trinajstić information content (AvgIpc) is 2.86. The Morgan fingerprint density at radius 1 is 1.37 bits per heavy atom. The summed E-state index contributed by atoms with van der Waals surface area (Å²) in [6.45, 7) is 5.36. The van der Waals surface area contributed by atoms with Crippen LogP contribution in [0.3, 0.4) is 0 Å². The summed E-state index contributed by atoms with van der Waals surface area (Å²) in [5, 5.41) is 9.02. The fourth-order valence-electron chi connectivity index (χ4n) is 1.66. The van der Waals surface area contributed by atoms with Crippen molar-refractivity contribution < 1.29 is 4.74 Å². The first-order valence-electron chi connectivity index (χ1n) is 6.20. The molecule has 0 fully saturated rings. The van der Waals surface area contributed by atoms with Gasteiger partial charge in [-0.25, -0.2) is 0 Å². The zero-order valence-corrected chi connectivity index (χ0v) is 12.5. The summed E-state index contributed by atoms with van der Waals surface area (Å²) in [6.07, 6.45) is 0.886. The molecular formula is C13H16ClN3OS. The predicted octanol–water partition coefficient (Wildman–Crippen LogP) is 3.76. The maximum Gasteiger partial charge on any atom is 0.136 e. The van der Waals surface area contributed by atoms with Crippen LogP contribution in [0.1, 0.15) is 25.1 Å². The van der Waals surface area contributed by atoms with E-state index in [4.69, 9.17) is 16.3 Å². The van der Waals surface area contributed by atoms with E-state index in [0.717, 1.165) is 40.0 Å². The number of hydrogen-bond acceptors (Lipinski definition) is 5. The summed E-state index contributed by atoms with van der Waals surface area (Å²) in [7, 11) is 0. The van der Waals surface area contributed by atoms with Crippen molar-refractivity contribution in [3.8, 4) is 5.75 Å². The SMILES string of the molecule is CCNc1snnc1COc1ccc(Cl)c(CC)c1. The van der Waals surface area contributed by atoms with Crippen LogP contribution in [0.2, 0.25) is 5.02 Å².